The number of rotatable bonds is 5. The van der Waals surface area contributed by atoms with Crippen molar-refractivity contribution in [1.82, 2.24) is 4.98 Å². The molecule has 0 amide bonds. The van der Waals surface area contributed by atoms with E-state index in [0.717, 1.165) is 17.7 Å². The third-order valence-corrected chi connectivity index (χ3v) is 3.64. The van der Waals surface area contributed by atoms with Crippen molar-refractivity contribution in [3.63, 3.8) is 0 Å². The Bertz CT molecular complexity index is 807. The summed E-state index contributed by atoms with van der Waals surface area (Å²) in [5.41, 5.74) is 2.19. The quantitative estimate of drug-likeness (QED) is 0.678. The maximum absolute atomic E-state index is 11.1. The lowest BCUT2D eigenvalue weighted by Gasteiger charge is -2.08. The summed E-state index contributed by atoms with van der Waals surface area (Å²) in [6.07, 6.45) is 2.59. The zero-order valence-corrected chi connectivity index (χ0v) is 12.9. The van der Waals surface area contributed by atoms with E-state index in [4.69, 9.17) is 4.74 Å². The van der Waals surface area contributed by atoms with Crippen molar-refractivity contribution in [2.75, 3.05) is 13.7 Å². The van der Waals surface area contributed by atoms with E-state index >= 15 is 0 Å². The molecule has 0 saturated heterocycles. The van der Waals surface area contributed by atoms with E-state index in [1.54, 1.807) is 0 Å². The van der Waals surface area contributed by atoms with Crippen LogP contribution in [0.15, 0.2) is 60.8 Å². The number of benzene rings is 2. The van der Waals surface area contributed by atoms with Crippen molar-refractivity contribution in [2.24, 2.45) is 0 Å². The fourth-order valence-corrected chi connectivity index (χ4v) is 2.42. The third kappa shape index (κ3) is 3.66. The van der Waals surface area contributed by atoms with E-state index in [1.165, 1.54) is 17.9 Å². The van der Waals surface area contributed by atoms with Crippen molar-refractivity contribution in [3.05, 3.63) is 72.1 Å². The smallest absolute Gasteiger partial charge is 0.343 e. The van der Waals surface area contributed by atoms with Gasteiger partial charge in [-0.3, -0.25) is 4.98 Å². The number of esters is 1. The number of hydrogen-bond donors (Lipinski definition) is 0. The van der Waals surface area contributed by atoms with Gasteiger partial charge in [-0.05, 0) is 29.1 Å². The minimum atomic E-state index is -0.394. The Morgan fingerprint density at radius 3 is 2.61 bits per heavy atom. The Kier molecular flexibility index (Phi) is 4.52. The average molecular weight is 307 g/mol. The van der Waals surface area contributed by atoms with Gasteiger partial charge in [0.05, 0.1) is 12.8 Å². The Hall–Kier alpha value is -2.88. The summed E-state index contributed by atoms with van der Waals surface area (Å²) in [6, 6.07) is 17.9. The lowest BCUT2D eigenvalue weighted by Crippen LogP contribution is -2.12. The number of fused-ring (bicyclic) bond motifs is 1. The van der Waals surface area contributed by atoms with E-state index in [2.05, 4.69) is 21.9 Å². The molecule has 0 unspecified atom stereocenters. The summed E-state index contributed by atoms with van der Waals surface area (Å²) in [5.74, 6) is 0.249. The van der Waals surface area contributed by atoms with Crippen molar-refractivity contribution in [3.8, 4) is 5.75 Å². The Morgan fingerprint density at radius 2 is 1.83 bits per heavy atom. The molecule has 0 radical (unpaired) electrons. The van der Waals surface area contributed by atoms with Gasteiger partial charge in [-0.25, -0.2) is 4.79 Å². The zero-order valence-electron chi connectivity index (χ0n) is 12.9. The van der Waals surface area contributed by atoms with Gasteiger partial charge in [-0.1, -0.05) is 36.4 Å². The van der Waals surface area contributed by atoms with E-state index < -0.39 is 5.97 Å². The van der Waals surface area contributed by atoms with Crippen LogP contribution in [-0.4, -0.2) is 24.7 Å². The Morgan fingerprint density at radius 1 is 1.04 bits per heavy atom. The lowest BCUT2D eigenvalue weighted by atomic mass is 10.0. The van der Waals surface area contributed by atoms with Crippen LogP contribution in [-0.2, 0) is 16.0 Å². The highest BCUT2D eigenvalue weighted by atomic mass is 16.6. The first-order chi connectivity index (χ1) is 11.3. The van der Waals surface area contributed by atoms with E-state index in [-0.39, 0.29) is 6.61 Å². The highest BCUT2D eigenvalue weighted by molar-refractivity contribution is 5.84. The highest BCUT2D eigenvalue weighted by Gasteiger charge is 2.05. The first-order valence-electron chi connectivity index (χ1n) is 7.37. The first-order valence-corrected chi connectivity index (χ1v) is 7.37. The Balaban J connectivity index is 1.74. The predicted octanol–water partition coefficient (Wildman–Crippen LogP) is 3.38. The van der Waals surface area contributed by atoms with Gasteiger partial charge in [-0.15, -0.1) is 0 Å². The fourth-order valence-electron chi connectivity index (χ4n) is 2.42. The van der Waals surface area contributed by atoms with Crippen LogP contribution in [0.5, 0.6) is 5.75 Å². The molecular formula is C19H17NO3. The molecule has 0 aliphatic carbocycles. The second-order valence-corrected chi connectivity index (χ2v) is 5.16. The number of nitrogens with zero attached hydrogens (tertiary/aromatic N) is 1. The fraction of sp³-hybridized carbons (Fsp3) is 0.158. The van der Waals surface area contributed by atoms with Crippen molar-refractivity contribution in [2.45, 2.75) is 6.42 Å². The number of carbonyl (C=O) groups is 1. The molecule has 23 heavy (non-hydrogen) atoms. The minimum Gasteiger partial charge on any atom is -0.482 e. The van der Waals surface area contributed by atoms with E-state index in [0.29, 0.717) is 5.75 Å². The van der Waals surface area contributed by atoms with Gasteiger partial charge in [0.25, 0.3) is 0 Å². The monoisotopic (exact) mass is 307 g/mol. The molecule has 3 aromatic rings. The number of carbonyl (C=O) groups excluding carboxylic acids is 1. The van der Waals surface area contributed by atoms with Gasteiger partial charge in [-0.2, -0.15) is 0 Å². The molecule has 0 atom stereocenters. The lowest BCUT2D eigenvalue weighted by molar-refractivity contribution is -0.142. The molecule has 0 aliphatic heterocycles. The number of pyridine rings is 1. The molecule has 0 saturated carbocycles. The summed E-state index contributed by atoms with van der Waals surface area (Å²) in [7, 11) is 1.34. The Labute approximate surface area is 134 Å². The minimum absolute atomic E-state index is 0.0826. The SMILES string of the molecule is COC(=O)COc1ccc(Cc2nccc3ccccc23)cc1. The molecule has 0 spiro atoms. The number of methoxy groups -OCH3 is 1. The van der Waals surface area contributed by atoms with Crippen LogP contribution in [0.1, 0.15) is 11.3 Å². The standard InChI is InChI=1S/C19H17NO3/c1-22-19(21)13-23-16-8-6-14(7-9-16)12-18-17-5-3-2-4-15(17)10-11-20-18/h2-11H,12-13H2,1H3. The summed E-state index contributed by atoms with van der Waals surface area (Å²) >= 11 is 0. The van der Waals surface area contributed by atoms with Gasteiger partial charge in [0, 0.05) is 18.0 Å². The van der Waals surface area contributed by atoms with Gasteiger partial charge in [0.15, 0.2) is 6.61 Å². The average Bonchev–Trinajstić information content (AvgIpc) is 2.61. The number of aromatic nitrogens is 1. The zero-order chi connectivity index (χ0) is 16.1. The van der Waals surface area contributed by atoms with Crippen molar-refractivity contribution in [1.29, 1.82) is 0 Å². The maximum atomic E-state index is 11.1. The molecule has 3 rings (SSSR count). The molecule has 0 aliphatic rings. The molecule has 1 aromatic heterocycles. The molecule has 0 N–H and O–H groups in total. The van der Waals surface area contributed by atoms with Crippen LogP contribution >= 0.6 is 0 Å². The molecule has 4 heteroatoms. The molecule has 4 nitrogen and oxygen atoms in total. The van der Waals surface area contributed by atoms with Crippen LogP contribution in [0.4, 0.5) is 0 Å². The van der Waals surface area contributed by atoms with Crippen LogP contribution in [0, 0.1) is 0 Å². The second-order valence-electron chi connectivity index (χ2n) is 5.16. The van der Waals surface area contributed by atoms with Crippen LogP contribution < -0.4 is 4.74 Å². The third-order valence-electron chi connectivity index (χ3n) is 3.64. The van der Waals surface area contributed by atoms with Gasteiger partial charge < -0.3 is 9.47 Å². The summed E-state index contributed by atoms with van der Waals surface area (Å²) in [5, 5.41) is 2.36. The molecular weight excluding hydrogens is 290 g/mol. The first kappa shape index (κ1) is 15.0. The number of hydrogen-bond acceptors (Lipinski definition) is 4. The van der Waals surface area contributed by atoms with Crippen molar-refractivity contribution < 1.29 is 14.3 Å². The van der Waals surface area contributed by atoms with E-state index in [9.17, 15) is 4.79 Å². The normalized spacial score (nSPS) is 10.5. The van der Waals surface area contributed by atoms with Crippen LogP contribution in [0.2, 0.25) is 0 Å². The maximum Gasteiger partial charge on any atom is 0.343 e. The summed E-state index contributed by atoms with van der Waals surface area (Å²) < 4.78 is 9.89. The predicted molar refractivity (Wildman–Crippen MR) is 88.5 cm³/mol. The van der Waals surface area contributed by atoms with Crippen LogP contribution in [0.3, 0.4) is 0 Å². The molecule has 1 heterocycles. The largest absolute Gasteiger partial charge is 0.482 e. The topological polar surface area (TPSA) is 48.4 Å². The molecule has 2 aromatic carbocycles. The van der Waals surface area contributed by atoms with Crippen LogP contribution in [0.25, 0.3) is 10.8 Å². The van der Waals surface area contributed by atoms with Crippen molar-refractivity contribution >= 4 is 16.7 Å². The second kappa shape index (κ2) is 6.92. The number of ether oxygens (including phenoxy) is 2. The molecule has 0 fully saturated rings. The highest BCUT2D eigenvalue weighted by Crippen LogP contribution is 2.20. The van der Waals surface area contributed by atoms with Gasteiger partial charge >= 0.3 is 5.97 Å². The summed E-state index contributed by atoms with van der Waals surface area (Å²) in [6.45, 7) is -0.0826. The van der Waals surface area contributed by atoms with E-state index in [1.807, 2.05) is 48.7 Å². The molecule has 0 bridgehead atoms. The van der Waals surface area contributed by atoms with Gasteiger partial charge in [0.2, 0.25) is 0 Å². The summed E-state index contributed by atoms with van der Waals surface area (Å²) in [4.78, 5) is 15.6. The van der Waals surface area contributed by atoms with Gasteiger partial charge in [0.1, 0.15) is 5.75 Å². The molecule has 116 valence electrons.